The topological polar surface area (TPSA) is 67.9 Å². The highest BCUT2D eigenvalue weighted by Gasteiger charge is 2.29. The molecule has 2 aromatic rings. The van der Waals surface area contributed by atoms with Crippen LogP contribution in [0.2, 0.25) is 0 Å². The fraction of sp³-hybridized carbons (Fsp3) is 0.300. The minimum atomic E-state index is -4.40. The molecule has 2 amide bonds. The highest BCUT2D eigenvalue weighted by molar-refractivity contribution is 8.00. The number of likely N-dealkylation sites (N-methyl/N-ethyl adjacent to an activating group) is 1. The van der Waals surface area contributed by atoms with Crippen molar-refractivity contribution < 1.29 is 32.2 Å². The molecule has 160 valence electrons. The number of carbonyl (C=O) groups excluding carboxylic acids is 2. The number of nitrogens with one attached hydrogen (secondary N) is 1. The van der Waals surface area contributed by atoms with Crippen molar-refractivity contribution in [3.63, 3.8) is 0 Å². The van der Waals surface area contributed by atoms with Crippen LogP contribution < -0.4 is 14.8 Å². The van der Waals surface area contributed by atoms with Gasteiger partial charge in [-0.15, -0.1) is 0 Å². The summed E-state index contributed by atoms with van der Waals surface area (Å²) in [6.45, 7) is 2.64. The van der Waals surface area contributed by atoms with E-state index in [1.807, 2.05) is 0 Å². The average Bonchev–Trinajstić information content (AvgIpc) is 2.71. The van der Waals surface area contributed by atoms with Gasteiger partial charge in [0.1, 0.15) is 19.8 Å². The number of benzene rings is 2. The fourth-order valence-corrected chi connectivity index (χ4v) is 3.34. The van der Waals surface area contributed by atoms with Gasteiger partial charge < -0.3 is 19.7 Å². The fourth-order valence-electron chi connectivity index (χ4n) is 2.80. The highest BCUT2D eigenvalue weighted by atomic mass is 32.2. The molecule has 0 bridgehead atoms. The smallest absolute Gasteiger partial charge is 0.446 e. The number of anilines is 1. The second-order valence-corrected chi connectivity index (χ2v) is 7.44. The van der Waals surface area contributed by atoms with Gasteiger partial charge in [0.05, 0.1) is 0 Å². The molecule has 1 heterocycles. The number of fused-ring (bicyclic) bond motifs is 1. The summed E-state index contributed by atoms with van der Waals surface area (Å²) in [5, 5.41) is 2.70. The maximum Gasteiger partial charge on any atom is 0.446 e. The number of nitrogens with zero attached hydrogens (tertiary/aromatic N) is 1. The van der Waals surface area contributed by atoms with E-state index < -0.39 is 17.3 Å². The standard InChI is InChI=1S/C20H19F3N2O4S/c1-2-25(19(27)13-3-6-15(7-4-13)30-20(21,22)23)12-18(26)24-14-5-8-16-17(11-14)29-10-9-28-16/h3-8,11H,2,9-10,12H2,1H3,(H,24,26). The summed E-state index contributed by atoms with van der Waals surface area (Å²) >= 11 is -0.251. The Bertz CT molecular complexity index is 919. The molecule has 1 aliphatic heterocycles. The number of rotatable bonds is 6. The van der Waals surface area contributed by atoms with Gasteiger partial charge in [-0.3, -0.25) is 9.59 Å². The molecule has 0 saturated heterocycles. The highest BCUT2D eigenvalue weighted by Crippen LogP contribution is 2.36. The summed E-state index contributed by atoms with van der Waals surface area (Å²) in [6.07, 6.45) is 0. The van der Waals surface area contributed by atoms with Crippen LogP contribution in [0.25, 0.3) is 0 Å². The number of alkyl halides is 3. The summed E-state index contributed by atoms with van der Waals surface area (Å²) in [5.74, 6) is 0.264. The summed E-state index contributed by atoms with van der Waals surface area (Å²) in [7, 11) is 0. The van der Waals surface area contributed by atoms with Gasteiger partial charge in [-0.05, 0) is 55.1 Å². The van der Waals surface area contributed by atoms with E-state index >= 15 is 0 Å². The first-order valence-corrected chi connectivity index (χ1v) is 9.91. The van der Waals surface area contributed by atoms with E-state index in [0.29, 0.717) is 30.4 Å². The Hall–Kier alpha value is -2.88. The maximum atomic E-state index is 12.6. The van der Waals surface area contributed by atoms with Gasteiger partial charge in [0.25, 0.3) is 5.91 Å². The van der Waals surface area contributed by atoms with Crippen LogP contribution in [0.5, 0.6) is 11.5 Å². The van der Waals surface area contributed by atoms with Crippen LogP contribution in [-0.4, -0.2) is 48.5 Å². The number of halogens is 3. The van der Waals surface area contributed by atoms with Crippen molar-refractivity contribution in [3.8, 4) is 11.5 Å². The Morgan fingerprint density at radius 3 is 2.37 bits per heavy atom. The monoisotopic (exact) mass is 440 g/mol. The number of ether oxygens (including phenoxy) is 2. The third-order valence-electron chi connectivity index (χ3n) is 4.16. The first-order valence-electron chi connectivity index (χ1n) is 9.10. The minimum Gasteiger partial charge on any atom is -0.486 e. The van der Waals surface area contributed by atoms with Gasteiger partial charge in [0.2, 0.25) is 5.91 Å². The van der Waals surface area contributed by atoms with E-state index in [-0.39, 0.29) is 35.3 Å². The Morgan fingerprint density at radius 1 is 1.07 bits per heavy atom. The Kier molecular flexibility index (Phi) is 6.76. The molecule has 0 aliphatic carbocycles. The van der Waals surface area contributed by atoms with Crippen LogP contribution in [0.3, 0.4) is 0 Å². The van der Waals surface area contributed by atoms with Gasteiger partial charge in [0, 0.05) is 28.8 Å². The molecule has 0 saturated carbocycles. The van der Waals surface area contributed by atoms with E-state index in [2.05, 4.69) is 5.32 Å². The molecule has 0 atom stereocenters. The molecular formula is C20H19F3N2O4S. The van der Waals surface area contributed by atoms with Crippen molar-refractivity contribution in [1.82, 2.24) is 4.90 Å². The predicted molar refractivity (Wildman–Crippen MR) is 106 cm³/mol. The molecule has 3 rings (SSSR count). The Morgan fingerprint density at radius 2 is 1.73 bits per heavy atom. The lowest BCUT2D eigenvalue weighted by molar-refractivity contribution is -0.116. The first kappa shape index (κ1) is 21.8. The van der Waals surface area contributed by atoms with Crippen LogP contribution in [0.1, 0.15) is 17.3 Å². The lowest BCUT2D eigenvalue weighted by Gasteiger charge is -2.21. The van der Waals surface area contributed by atoms with Crippen molar-refractivity contribution in [2.24, 2.45) is 0 Å². The van der Waals surface area contributed by atoms with Gasteiger partial charge in [-0.25, -0.2) is 0 Å². The summed E-state index contributed by atoms with van der Waals surface area (Å²) in [6, 6.07) is 10.1. The molecule has 0 radical (unpaired) electrons. The summed E-state index contributed by atoms with van der Waals surface area (Å²) in [5.41, 5.74) is -3.69. The lowest BCUT2D eigenvalue weighted by Crippen LogP contribution is -2.37. The van der Waals surface area contributed by atoms with E-state index in [9.17, 15) is 22.8 Å². The van der Waals surface area contributed by atoms with Crippen molar-refractivity contribution in [1.29, 1.82) is 0 Å². The van der Waals surface area contributed by atoms with Crippen LogP contribution in [0, 0.1) is 0 Å². The number of carbonyl (C=O) groups is 2. The molecule has 0 unspecified atom stereocenters. The number of hydrogen-bond acceptors (Lipinski definition) is 5. The van der Waals surface area contributed by atoms with E-state index in [4.69, 9.17) is 9.47 Å². The van der Waals surface area contributed by atoms with Crippen molar-refractivity contribution >= 4 is 29.3 Å². The van der Waals surface area contributed by atoms with Crippen LogP contribution in [0.4, 0.5) is 18.9 Å². The SMILES string of the molecule is CCN(CC(=O)Nc1ccc2c(c1)OCCO2)C(=O)c1ccc(SC(F)(F)F)cc1. The number of hydrogen-bond donors (Lipinski definition) is 1. The lowest BCUT2D eigenvalue weighted by atomic mass is 10.2. The molecule has 30 heavy (non-hydrogen) atoms. The van der Waals surface area contributed by atoms with Crippen LogP contribution in [0.15, 0.2) is 47.4 Å². The van der Waals surface area contributed by atoms with Crippen molar-refractivity contribution in [3.05, 3.63) is 48.0 Å². The second kappa shape index (κ2) is 9.29. The third kappa shape index (κ3) is 5.82. The Labute approximate surface area is 175 Å². The minimum absolute atomic E-state index is 0.0153. The average molecular weight is 440 g/mol. The summed E-state index contributed by atoms with van der Waals surface area (Å²) in [4.78, 5) is 26.3. The molecule has 1 N–H and O–H groups in total. The number of thioether (sulfide) groups is 1. The van der Waals surface area contributed by atoms with Gasteiger partial charge in [-0.1, -0.05) is 0 Å². The molecule has 2 aromatic carbocycles. The predicted octanol–water partition coefficient (Wildman–Crippen LogP) is 4.17. The van der Waals surface area contributed by atoms with E-state index in [1.54, 1.807) is 25.1 Å². The van der Waals surface area contributed by atoms with E-state index in [0.717, 1.165) is 0 Å². The Balaban J connectivity index is 1.61. The third-order valence-corrected chi connectivity index (χ3v) is 4.90. The molecule has 0 spiro atoms. The van der Waals surface area contributed by atoms with Crippen molar-refractivity contribution in [2.75, 3.05) is 31.6 Å². The number of amides is 2. The summed E-state index contributed by atoms with van der Waals surface area (Å²) < 4.78 is 48.2. The van der Waals surface area contributed by atoms with Crippen molar-refractivity contribution in [2.45, 2.75) is 17.3 Å². The van der Waals surface area contributed by atoms with Gasteiger partial charge in [-0.2, -0.15) is 13.2 Å². The normalized spacial score (nSPS) is 12.9. The molecule has 10 heteroatoms. The van der Waals surface area contributed by atoms with E-state index in [1.165, 1.54) is 29.2 Å². The van der Waals surface area contributed by atoms with Crippen LogP contribution in [-0.2, 0) is 4.79 Å². The molecule has 0 fully saturated rings. The zero-order valence-electron chi connectivity index (χ0n) is 16.0. The first-order chi connectivity index (χ1) is 14.2. The molecule has 1 aliphatic rings. The zero-order valence-corrected chi connectivity index (χ0v) is 16.8. The van der Waals surface area contributed by atoms with Gasteiger partial charge in [0.15, 0.2) is 11.5 Å². The molecule has 0 aromatic heterocycles. The zero-order chi connectivity index (χ0) is 21.7. The quantitative estimate of drug-likeness (QED) is 0.683. The van der Waals surface area contributed by atoms with Gasteiger partial charge >= 0.3 is 5.51 Å². The molecular weight excluding hydrogens is 421 g/mol. The second-order valence-electron chi connectivity index (χ2n) is 6.30. The van der Waals surface area contributed by atoms with Crippen LogP contribution >= 0.6 is 11.8 Å². The molecule has 6 nitrogen and oxygen atoms in total. The maximum absolute atomic E-state index is 12.6. The largest absolute Gasteiger partial charge is 0.486 e.